The van der Waals surface area contributed by atoms with Gasteiger partial charge in [0.25, 0.3) is 0 Å². The zero-order valence-corrected chi connectivity index (χ0v) is 41.2. The first-order chi connectivity index (χ1) is 28.2. The molecule has 2 N–H and O–H groups in total. The van der Waals surface area contributed by atoms with E-state index in [-0.39, 0.29) is 33.5 Å². The van der Waals surface area contributed by atoms with Crippen LogP contribution in [0, 0.1) is 0 Å². The zero-order chi connectivity index (χ0) is 43.9. The van der Waals surface area contributed by atoms with E-state index in [9.17, 15) is 9.59 Å². The van der Waals surface area contributed by atoms with Crippen molar-refractivity contribution in [1.82, 2.24) is 9.97 Å². The summed E-state index contributed by atoms with van der Waals surface area (Å²) >= 11 is 3.37. The van der Waals surface area contributed by atoms with Crippen LogP contribution in [0.4, 0.5) is 0 Å². The third-order valence-electron chi connectivity index (χ3n) is 12.4. The second kappa shape index (κ2) is 20.0. The van der Waals surface area contributed by atoms with Crippen LogP contribution >= 0.6 is 22.7 Å². The van der Waals surface area contributed by atoms with Gasteiger partial charge in [-0.2, -0.15) is 0 Å². The molecule has 4 heterocycles. The maximum atomic E-state index is 13.1. The molecule has 6 rings (SSSR count). The lowest BCUT2D eigenvalue weighted by Crippen LogP contribution is -2.40. The molecule has 2 unspecified atom stereocenters. The first-order valence-corrected chi connectivity index (χ1v) is 28.5. The predicted octanol–water partition coefficient (Wildman–Crippen LogP) is 12.8. The molecule has 0 spiro atoms. The van der Waals surface area contributed by atoms with E-state index >= 15 is 0 Å². The fourth-order valence-electron chi connectivity index (χ4n) is 6.38. The lowest BCUT2D eigenvalue weighted by atomic mass is 9.93. The minimum atomic E-state index is -1.80. The lowest BCUT2D eigenvalue weighted by molar-refractivity contribution is -0.120. The van der Waals surface area contributed by atoms with Crippen LogP contribution in [0.2, 0.25) is 36.3 Å². The molecule has 4 aromatic heterocycles. The highest BCUT2D eigenvalue weighted by Gasteiger charge is 2.38. The number of thiophene rings is 2. The minimum Gasteiger partial charge on any atom is -0.412 e. The molecule has 0 aliphatic carbocycles. The first kappa shape index (κ1) is 47.4. The van der Waals surface area contributed by atoms with Crippen molar-refractivity contribution in [3.63, 3.8) is 0 Å². The van der Waals surface area contributed by atoms with E-state index in [0.29, 0.717) is 32.6 Å². The van der Waals surface area contributed by atoms with E-state index in [0.717, 1.165) is 53.7 Å². The second-order valence-electron chi connectivity index (χ2n) is 18.9. The number of nitrogens with two attached hydrogens (primary N) is 1. The summed E-state index contributed by atoms with van der Waals surface area (Å²) in [5.41, 5.74) is 8.09. The number of pyridine rings is 2. The molecule has 0 saturated heterocycles. The largest absolute Gasteiger partial charge is 0.412 e. The van der Waals surface area contributed by atoms with E-state index in [2.05, 4.69) is 115 Å². The highest BCUT2D eigenvalue weighted by Crippen LogP contribution is 2.39. The molecule has 0 saturated carbocycles. The van der Waals surface area contributed by atoms with Crippen LogP contribution in [-0.4, -0.2) is 44.7 Å². The molecule has 60 heavy (non-hydrogen) atoms. The average molecular weight is 880 g/mol. The van der Waals surface area contributed by atoms with Crippen molar-refractivity contribution in [3.05, 3.63) is 128 Å². The van der Waals surface area contributed by atoms with Gasteiger partial charge in [0.15, 0.2) is 16.6 Å². The molecule has 0 aliphatic heterocycles. The van der Waals surface area contributed by atoms with Gasteiger partial charge in [-0.05, 0) is 101 Å². The van der Waals surface area contributed by atoms with E-state index in [1.807, 2.05) is 54.9 Å². The fourth-order valence-corrected chi connectivity index (χ4v) is 10.7. The van der Waals surface area contributed by atoms with Crippen LogP contribution in [0.25, 0.3) is 21.5 Å². The zero-order valence-electron chi connectivity index (χ0n) is 37.6. The number of hydrogen-bond donors (Lipinski definition) is 1. The van der Waals surface area contributed by atoms with Gasteiger partial charge in [0.2, 0.25) is 0 Å². The number of ketones is 2. The Hall–Kier alpha value is -3.69. The standard InChI is InChI=1S/C25H33NO2SSi.C24H32N2O2SSi/c1-7-22(23(27)15-18-8-9-20-16-26-13-12-19(20)14-18)24-11-10-21(29-24)17-28-30(5,6)25(2,3)4;1-24(2,3)30(4,5)28-16-20-8-9-23(29-20)21(14-25)22(27)13-17-6-7-19-15-26-11-10-18(19)12-17/h8-14,16,22H,7,15,17H2,1-6H3;6-12,15,21H,13-14,16,25H2,1-5H3. The van der Waals surface area contributed by atoms with Crippen LogP contribution < -0.4 is 5.73 Å². The molecular formula is C49H65N3O4S2Si2. The Morgan fingerprint density at radius 3 is 1.43 bits per heavy atom. The second-order valence-corrected chi connectivity index (χ2v) is 30.9. The van der Waals surface area contributed by atoms with Crippen LogP contribution in [0.5, 0.6) is 0 Å². The van der Waals surface area contributed by atoms with Crippen molar-refractivity contribution in [2.45, 2.75) is 129 Å². The van der Waals surface area contributed by atoms with E-state index < -0.39 is 16.6 Å². The van der Waals surface area contributed by atoms with Gasteiger partial charge in [0, 0.05) is 74.5 Å². The number of carbonyl (C=O) groups excluding carboxylic acids is 2. The Labute approximate surface area is 368 Å². The van der Waals surface area contributed by atoms with Crippen LogP contribution in [0.3, 0.4) is 0 Å². The van der Waals surface area contributed by atoms with Gasteiger partial charge in [0.05, 0.1) is 25.0 Å². The number of Topliss-reactive ketones (excluding diaryl/α,β-unsaturated/α-hetero) is 2. The van der Waals surface area contributed by atoms with Crippen LogP contribution in [0.1, 0.15) is 97.4 Å². The van der Waals surface area contributed by atoms with Gasteiger partial charge < -0.3 is 14.6 Å². The summed E-state index contributed by atoms with van der Waals surface area (Å²) in [4.78, 5) is 39.0. The third kappa shape index (κ3) is 12.2. The molecule has 0 aliphatic rings. The SMILES string of the molecule is CC(C)(C)[Si](C)(C)OCc1ccc(C(CN)C(=O)Cc2ccc3cnccc3c2)s1.CCC(C(=O)Cc1ccc2cnccc2c1)c1ccc(CO[Si](C)(C)C(C)(C)C)s1. The Bertz CT molecular complexity index is 2210. The van der Waals surface area contributed by atoms with E-state index in [1.54, 1.807) is 35.1 Å². The fraction of sp³-hybridized carbons (Fsp3) is 0.429. The number of carbonyl (C=O) groups is 2. The molecule has 0 bridgehead atoms. The summed E-state index contributed by atoms with van der Waals surface area (Å²) in [6.45, 7) is 26.2. The van der Waals surface area contributed by atoms with Crippen molar-refractivity contribution in [1.29, 1.82) is 0 Å². The number of aromatic nitrogens is 2. The topological polar surface area (TPSA) is 104 Å². The summed E-state index contributed by atoms with van der Waals surface area (Å²) in [6.07, 6.45) is 8.92. The molecular weight excluding hydrogens is 815 g/mol. The predicted molar refractivity (Wildman–Crippen MR) is 258 cm³/mol. The first-order valence-electron chi connectivity index (χ1n) is 21.1. The smallest absolute Gasteiger partial charge is 0.192 e. The van der Waals surface area contributed by atoms with Gasteiger partial charge in [-0.1, -0.05) is 84.9 Å². The number of hydrogen-bond acceptors (Lipinski definition) is 9. The van der Waals surface area contributed by atoms with Gasteiger partial charge in [0.1, 0.15) is 11.6 Å². The highest BCUT2D eigenvalue weighted by molar-refractivity contribution is 7.12. The van der Waals surface area contributed by atoms with Crippen molar-refractivity contribution < 1.29 is 18.4 Å². The lowest BCUT2D eigenvalue weighted by Gasteiger charge is -2.36. The minimum absolute atomic E-state index is 0.0511. The number of benzene rings is 2. The van der Waals surface area contributed by atoms with Crippen molar-refractivity contribution >= 4 is 72.4 Å². The summed E-state index contributed by atoms with van der Waals surface area (Å²) in [5.74, 6) is 0.115. The van der Waals surface area contributed by atoms with E-state index in [4.69, 9.17) is 14.6 Å². The number of rotatable bonds is 16. The molecule has 0 amide bonds. The maximum absolute atomic E-state index is 13.1. The van der Waals surface area contributed by atoms with E-state index in [1.165, 1.54) is 4.88 Å². The quantitative estimate of drug-likeness (QED) is 0.0965. The third-order valence-corrected chi connectivity index (χ3v) is 23.7. The number of nitrogens with zero attached hydrogens (tertiary/aromatic N) is 2. The summed E-state index contributed by atoms with van der Waals surface area (Å²) in [5, 5.41) is 4.79. The molecule has 6 aromatic rings. The van der Waals surface area contributed by atoms with Crippen molar-refractivity contribution in [3.8, 4) is 0 Å². The molecule has 2 atom stereocenters. The monoisotopic (exact) mass is 879 g/mol. The Morgan fingerprint density at radius 2 is 1.03 bits per heavy atom. The highest BCUT2D eigenvalue weighted by atomic mass is 32.1. The van der Waals surface area contributed by atoms with Gasteiger partial charge in [-0.25, -0.2) is 0 Å². The molecule has 0 fully saturated rings. The van der Waals surface area contributed by atoms with Gasteiger partial charge in [-0.15, -0.1) is 22.7 Å². The number of fused-ring (bicyclic) bond motifs is 2. The summed E-state index contributed by atoms with van der Waals surface area (Å²) < 4.78 is 12.7. The Morgan fingerprint density at radius 1 is 0.617 bits per heavy atom. The maximum Gasteiger partial charge on any atom is 0.192 e. The molecule has 320 valence electrons. The summed E-state index contributed by atoms with van der Waals surface area (Å²) in [6, 6.07) is 24.6. The molecule has 0 radical (unpaired) electrons. The van der Waals surface area contributed by atoms with Crippen molar-refractivity contribution in [2.75, 3.05) is 6.54 Å². The normalized spacial score (nSPS) is 13.5. The molecule has 2 aromatic carbocycles. The molecule has 7 nitrogen and oxygen atoms in total. The van der Waals surface area contributed by atoms with Crippen molar-refractivity contribution in [2.24, 2.45) is 5.73 Å². The van der Waals surface area contributed by atoms with Crippen LogP contribution in [-0.2, 0) is 44.5 Å². The van der Waals surface area contributed by atoms with Gasteiger partial charge in [-0.3, -0.25) is 19.6 Å². The Balaban J connectivity index is 0.000000228. The van der Waals surface area contributed by atoms with Gasteiger partial charge >= 0.3 is 0 Å². The Kier molecular flexibility index (Phi) is 15.8. The average Bonchev–Trinajstić information content (AvgIpc) is 3.86. The van der Waals surface area contributed by atoms with Crippen LogP contribution in [0.15, 0.2) is 97.6 Å². The summed E-state index contributed by atoms with van der Waals surface area (Å²) in [7, 11) is -3.57. The molecule has 11 heteroatoms.